The summed E-state index contributed by atoms with van der Waals surface area (Å²) in [7, 11) is 0. The maximum absolute atomic E-state index is 12.4. The van der Waals surface area contributed by atoms with Gasteiger partial charge in [-0.25, -0.2) is 9.59 Å². The molecule has 0 bridgehead atoms. The van der Waals surface area contributed by atoms with Crippen LogP contribution in [0.4, 0.5) is 4.79 Å². The van der Waals surface area contributed by atoms with E-state index in [-0.39, 0.29) is 32.0 Å². The Bertz CT molecular complexity index is 593. The summed E-state index contributed by atoms with van der Waals surface area (Å²) in [6.45, 7) is 6.89. The van der Waals surface area contributed by atoms with Gasteiger partial charge in [0.05, 0.1) is 25.9 Å². The van der Waals surface area contributed by atoms with E-state index in [1.165, 1.54) is 4.90 Å². The Morgan fingerprint density at radius 3 is 2.52 bits per heavy atom. The largest absolute Gasteiger partial charge is 0.464 e. The molecule has 0 radical (unpaired) electrons. The Balaban J connectivity index is 1.90. The molecule has 1 heterocycles. The molecule has 3 atom stereocenters. The van der Waals surface area contributed by atoms with Crippen LogP contribution in [0.5, 0.6) is 0 Å². The number of benzene rings is 1. The number of esters is 1. The molecular weight excluding hydrogens is 350 g/mol. The van der Waals surface area contributed by atoms with E-state index in [9.17, 15) is 9.59 Å². The number of rotatable bonds is 9. The molecule has 1 aliphatic rings. The van der Waals surface area contributed by atoms with Crippen molar-refractivity contribution in [2.45, 2.75) is 45.9 Å². The molecule has 0 aromatic heterocycles. The van der Waals surface area contributed by atoms with Gasteiger partial charge < -0.3 is 18.9 Å². The second-order valence-electron chi connectivity index (χ2n) is 6.37. The first kappa shape index (κ1) is 21.2. The summed E-state index contributed by atoms with van der Waals surface area (Å²) in [4.78, 5) is 26.1. The SMILES string of the molecule is CCOC(=O)C1C(C(C)OCOCc2ccccc2)CCN1C(=O)OCC. The normalized spacial score (nSPS) is 20.3. The molecular formula is C20H29NO6. The Hall–Kier alpha value is -2.12. The van der Waals surface area contributed by atoms with Crippen LogP contribution in [0, 0.1) is 5.92 Å². The van der Waals surface area contributed by atoms with E-state index < -0.39 is 18.1 Å². The third-order valence-electron chi connectivity index (χ3n) is 4.60. The van der Waals surface area contributed by atoms with Crippen molar-refractivity contribution < 1.29 is 28.5 Å². The molecule has 2 rings (SSSR count). The number of ether oxygens (including phenoxy) is 4. The van der Waals surface area contributed by atoms with Gasteiger partial charge in [0, 0.05) is 12.5 Å². The highest BCUT2D eigenvalue weighted by molar-refractivity contribution is 5.82. The van der Waals surface area contributed by atoms with Crippen LogP contribution < -0.4 is 0 Å². The second-order valence-corrected chi connectivity index (χ2v) is 6.37. The molecule has 7 nitrogen and oxygen atoms in total. The van der Waals surface area contributed by atoms with Crippen LogP contribution in [0.2, 0.25) is 0 Å². The third-order valence-corrected chi connectivity index (χ3v) is 4.60. The Kier molecular flexibility index (Phi) is 8.54. The predicted molar refractivity (Wildman–Crippen MR) is 98.9 cm³/mol. The van der Waals surface area contributed by atoms with Crippen LogP contribution in [-0.2, 0) is 30.3 Å². The molecule has 0 spiro atoms. The minimum Gasteiger partial charge on any atom is -0.464 e. The monoisotopic (exact) mass is 379 g/mol. The maximum Gasteiger partial charge on any atom is 0.410 e. The first-order valence-electron chi connectivity index (χ1n) is 9.41. The fourth-order valence-corrected chi connectivity index (χ4v) is 3.26. The van der Waals surface area contributed by atoms with Gasteiger partial charge in [-0.2, -0.15) is 0 Å². The van der Waals surface area contributed by atoms with Crippen molar-refractivity contribution in [3.63, 3.8) is 0 Å². The topological polar surface area (TPSA) is 74.3 Å². The first-order chi connectivity index (χ1) is 13.1. The molecule has 150 valence electrons. The van der Waals surface area contributed by atoms with Gasteiger partial charge in [0.2, 0.25) is 0 Å². The number of hydrogen-bond donors (Lipinski definition) is 0. The van der Waals surface area contributed by atoms with E-state index in [0.717, 1.165) is 5.56 Å². The van der Waals surface area contributed by atoms with Crippen LogP contribution in [0.1, 0.15) is 32.8 Å². The quantitative estimate of drug-likeness (QED) is 0.373. The van der Waals surface area contributed by atoms with Crippen molar-refractivity contribution in [2.75, 3.05) is 26.6 Å². The van der Waals surface area contributed by atoms with Gasteiger partial charge >= 0.3 is 12.1 Å². The molecule has 0 N–H and O–H groups in total. The fraction of sp³-hybridized carbons (Fsp3) is 0.600. The highest BCUT2D eigenvalue weighted by Crippen LogP contribution is 2.30. The fourth-order valence-electron chi connectivity index (χ4n) is 3.26. The number of nitrogens with zero attached hydrogens (tertiary/aromatic N) is 1. The summed E-state index contributed by atoms with van der Waals surface area (Å²) in [5.41, 5.74) is 1.06. The zero-order valence-corrected chi connectivity index (χ0v) is 16.3. The lowest BCUT2D eigenvalue weighted by Gasteiger charge is -2.28. The van der Waals surface area contributed by atoms with Gasteiger partial charge in [0.1, 0.15) is 12.8 Å². The lowest BCUT2D eigenvalue weighted by Crippen LogP contribution is -2.47. The summed E-state index contributed by atoms with van der Waals surface area (Å²) in [5, 5.41) is 0. The van der Waals surface area contributed by atoms with Gasteiger partial charge in [0.25, 0.3) is 0 Å². The maximum atomic E-state index is 12.4. The van der Waals surface area contributed by atoms with Crippen LogP contribution >= 0.6 is 0 Å². The molecule has 1 aromatic rings. The number of carbonyl (C=O) groups is 2. The molecule has 7 heteroatoms. The van der Waals surface area contributed by atoms with Gasteiger partial charge in [0.15, 0.2) is 0 Å². The van der Waals surface area contributed by atoms with Crippen molar-refractivity contribution in [1.82, 2.24) is 4.90 Å². The first-order valence-corrected chi connectivity index (χ1v) is 9.41. The van der Waals surface area contributed by atoms with Gasteiger partial charge in [-0.3, -0.25) is 4.90 Å². The van der Waals surface area contributed by atoms with Crippen molar-refractivity contribution in [2.24, 2.45) is 5.92 Å². The third kappa shape index (κ3) is 5.94. The highest BCUT2D eigenvalue weighted by atomic mass is 16.7. The molecule has 27 heavy (non-hydrogen) atoms. The molecule has 1 fully saturated rings. The molecule has 0 saturated carbocycles. The summed E-state index contributed by atoms with van der Waals surface area (Å²) < 4.78 is 21.6. The zero-order valence-electron chi connectivity index (χ0n) is 16.3. The summed E-state index contributed by atoms with van der Waals surface area (Å²) >= 11 is 0. The van der Waals surface area contributed by atoms with E-state index in [2.05, 4.69) is 0 Å². The van der Waals surface area contributed by atoms with Gasteiger partial charge in [-0.1, -0.05) is 30.3 Å². The number of amides is 1. The van der Waals surface area contributed by atoms with Crippen LogP contribution in [-0.4, -0.2) is 55.7 Å². The number of likely N-dealkylation sites (tertiary alicyclic amines) is 1. The zero-order chi connectivity index (χ0) is 19.6. The minimum atomic E-state index is -0.701. The predicted octanol–water partition coefficient (Wildman–Crippen LogP) is 2.98. The molecule has 1 amide bonds. The van der Waals surface area contributed by atoms with Gasteiger partial charge in [-0.15, -0.1) is 0 Å². The highest BCUT2D eigenvalue weighted by Gasteiger charge is 2.46. The van der Waals surface area contributed by atoms with E-state index in [1.807, 2.05) is 37.3 Å². The second kappa shape index (κ2) is 10.9. The van der Waals surface area contributed by atoms with Crippen molar-refractivity contribution in [3.8, 4) is 0 Å². The van der Waals surface area contributed by atoms with Crippen LogP contribution in [0.3, 0.4) is 0 Å². The number of carbonyl (C=O) groups excluding carboxylic acids is 2. The number of hydrogen-bond acceptors (Lipinski definition) is 6. The summed E-state index contributed by atoms with van der Waals surface area (Å²) in [6, 6.07) is 9.12. The molecule has 1 aliphatic heterocycles. The Labute approximate surface area is 160 Å². The molecule has 3 unspecified atom stereocenters. The van der Waals surface area contributed by atoms with E-state index in [0.29, 0.717) is 19.6 Å². The average Bonchev–Trinajstić information content (AvgIpc) is 3.12. The molecule has 0 aliphatic carbocycles. The van der Waals surface area contributed by atoms with Crippen molar-refractivity contribution in [3.05, 3.63) is 35.9 Å². The standard InChI is InChI=1S/C20H29NO6/c1-4-25-19(22)18-17(11-12-21(18)20(23)26-5-2)15(3)27-14-24-13-16-9-7-6-8-10-16/h6-10,15,17-18H,4-5,11-14H2,1-3H3. The summed E-state index contributed by atoms with van der Waals surface area (Å²) in [6.07, 6.45) is -0.123. The average molecular weight is 379 g/mol. The summed E-state index contributed by atoms with van der Waals surface area (Å²) in [5.74, 6) is -0.595. The van der Waals surface area contributed by atoms with E-state index in [1.54, 1.807) is 13.8 Å². The van der Waals surface area contributed by atoms with E-state index in [4.69, 9.17) is 18.9 Å². The van der Waals surface area contributed by atoms with Gasteiger partial charge in [-0.05, 0) is 32.8 Å². The van der Waals surface area contributed by atoms with Crippen molar-refractivity contribution >= 4 is 12.1 Å². The Morgan fingerprint density at radius 1 is 1.15 bits per heavy atom. The lowest BCUT2D eigenvalue weighted by atomic mass is 9.95. The molecule has 1 aromatic carbocycles. The van der Waals surface area contributed by atoms with E-state index >= 15 is 0 Å². The lowest BCUT2D eigenvalue weighted by molar-refractivity contribution is -0.154. The smallest absolute Gasteiger partial charge is 0.410 e. The van der Waals surface area contributed by atoms with Crippen molar-refractivity contribution in [1.29, 1.82) is 0 Å². The Morgan fingerprint density at radius 2 is 1.85 bits per heavy atom. The molecule has 1 saturated heterocycles. The van der Waals surface area contributed by atoms with Crippen LogP contribution in [0.15, 0.2) is 30.3 Å². The van der Waals surface area contributed by atoms with Crippen LogP contribution in [0.25, 0.3) is 0 Å². The minimum absolute atomic E-state index is 0.113.